The third kappa shape index (κ3) is 2.63. The average Bonchev–Trinajstić information content (AvgIpc) is 2.47. The summed E-state index contributed by atoms with van der Waals surface area (Å²) in [7, 11) is 0. The van der Waals surface area contributed by atoms with Gasteiger partial charge in [0.25, 0.3) is 11.2 Å². The molecule has 1 saturated carbocycles. The minimum absolute atomic E-state index is 0.000180. The second-order valence-electron chi connectivity index (χ2n) is 5.36. The lowest BCUT2D eigenvalue weighted by molar-refractivity contribution is -0.384. The number of nitro groups is 1. The Balaban J connectivity index is 2.13. The van der Waals surface area contributed by atoms with Crippen molar-refractivity contribution in [3.8, 4) is 0 Å². The molecule has 3 rings (SSSR count). The Morgan fingerprint density at radius 1 is 1.29 bits per heavy atom. The van der Waals surface area contributed by atoms with Crippen molar-refractivity contribution in [1.82, 2.24) is 9.97 Å². The fourth-order valence-corrected chi connectivity index (χ4v) is 3.10. The van der Waals surface area contributed by atoms with Crippen LogP contribution < -0.4 is 5.56 Å². The number of rotatable bonds is 2. The molecule has 0 aliphatic heterocycles. The fraction of sp³-hybridized carbons (Fsp3) is 0.429. The predicted molar refractivity (Wildman–Crippen MR) is 79.9 cm³/mol. The molecule has 21 heavy (non-hydrogen) atoms. The molecule has 1 N–H and O–H groups in total. The number of aromatic amines is 1. The number of halogens is 1. The van der Waals surface area contributed by atoms with E-state index >= 15 is 0 Å². The third-order valence-corrected chi connectivity index (χ3v) is 4.28. The SMILES string of the molecule is O=c1[nH]c(C2CCCCC2)nc2cc(Cl)c([N+](=O)[O-])cc12. The van der Waals surface area contributed by atoms with Crippen molar-refractivity contribution in [3.63, 3.8) is 0 Å². The lowest BCUT2D eigenvalue weighted by atomic mass is 9.88. The van der Waals surface area contributed by atoms with E-state index in [1.165, 1.54) is 18.6 Å². The molecule has 0 radical (unpaired) electrons. The first-order valence-corrected chi connectivity index (χ1v) is 7.32. The minimum atomic E-state index is -0.601. The van der Waals surface area contributed by atoms with Crippen molar-refractivity contribution in [2.24, 2.45) is 0 Å². The van der Waals surface area contributed by atoms with Gasteiger partial charge in [-0.2, -0.15) is 0 Å². The molecule has 0 bridgehead atoms. The molecule has 7 heteroatoms. The summed E-state index contributed by atoms with van der Waals surface area (Å²) in [6.07, 6.45) is 5.50. The summed E-state index contributed by atoms with van der Waals surface area (Å²) < 4.78 is 0. The summed E-state index contributed by atoms with van der Waals surface area (Å²) in [6, 6.07) is 2.59. The molecular weight excluding hydrogens is 294 g/mol. The molecule has 1 fully saturated rings. The molecule has 2 aromatic rings. The van der Waals surface area contributed by atoms with Crippen LogP contribution in [0.25, 0.3) is 10.9 Å². The summed E-state index contributed by atoms with van der Waals surface area (Å²) in [5.74, 6) is 0.918. The number of nitro benzene ring substituents is 1. The van der Waals surface area contributed by atoms with Crippen molar-refractivity contribution >= 4 is 28.2 Å². The largest absolute Gasteiger partial charge is 0.310 e. The van der Waals surface area contributed by atoms with Crippen LogP contribution in [0, 0.1) is 10.1 Å². The van der Waals surface area contributed by atoms with E-state index in [9.17, 15) is 14.9 Å². The Morgan fingerprint density at radius 3 is 2.67 bits per heavy atom. The van der Waals surface area contributed by atoms with Crippen LogP contribution in [0.5, 0.6) is 0 Å². The van der Waals surface area contributed by atoms with Gasteiger partial charge in [-0.3, -0.25) is 14.9 Å². The van der Waals surface area contributed by atoms with Crippen LogP contribution in [0.1, 0.15) is 43.8 Å². The summed E-state index contributed by atoms with van der Waals surface area (Å²) in [5.41, 5.74) is -0.211. The number of nitrogens with zero attached hydrogens (tertiary/aromatic N) is 2. The molecule has 0 atom stereocenters. The number of nitrogens with one attached hydrogen (secondary N) is 1. The van der Waals surface area contributed by atoms with Gasteiger partial charge < -0.3 is 4.98 Å². The highest BCUT2D eigenvalue weighted by Gasteiger charge is 2.21. The first-order chi connectivity index (χ1) is 10.1. The maximum absolute atomic E-state index is 12.2. The first-order valence-electron chi connectivity index (χ1n) is 6.94. The first kappa shape index (κ1) is 14.0. The molecule has 1 aromatic carbocycles. The van der Waals surface area contributed by atoms with Crippen molar-refractivity contribution in [2.75, 3.05) is 0 Å². The number of benzene rings is 1. The minimum Gasteiger partial charge on any atom is -0.310 e. The van der Waals surface area contributed by atoms with Gasteiger partial charge >= 0.3 is 0 Å². The van der Waals surface area contributed by atoms with Gasteiger partial charge in [-0.25, -0.2) is 4.98 Å². The molecular formula is C14H14ClN3O3. The Kier molecular flexibility index (Phi) is 3.63. The van der Waals surface area contributed by atoms with E-state index in [1.54, 1.807) is 0 Å². The Morgan fingerprint density at radius 2 is 2.00 bits per heavy atom. The number of aromatic nitrogens is 2. The fourth-order valence-electron chi connectivity index (χ4n) is 2.88. The van der Waals surface area contributed by atoms with Gasteiger partial charge in [-0.15, -0.1) is 0 Å². The standard InChI is InChI=1S/C14H14ClN3O3/c15-10-7-11-9(6-12(10)18(20)21)14(19)17-13(16-11)8-4-2-1-3-5-8/h6-8H,1-5H2,(H,16,17,19). The molecule has 1 heterocycles. The molecule has 0 saturated heterocycles. The van der Waals surface area contributed by atoms with E-state index < -0.39 is 4.92 Å². The van der Waals surface area contributed by atoms with Crippen LogP contribution in [0.2, 0.25) is 5.02 Å². The maximum Gasteiger partial charge on any atom is 0.288 e. The summed E-state index contributed by atoms with van der Waals surface area (Å²) in [6.45, 7) is 0. The molecule has 0 amide bonds. The van der Waals surface area contributed by atoms with Gasteiger partial charge in [0.15, 0.2) is 0 Å². The number of fused-ring (bicyclic) bond motifs is 1. The molecule has 1 aliphatic carbocycles. The molecule has 110 valence electrons. The highest BCUT2D eigenvalue weighted by Crippen LogP contribution is 2.32. The lowest BCUT2D eigenvalue weighted by Gasteiger charge is -2.20. The second-order valence-corrected chi connectivity index (χ2v) is 5.77. The van der Waals surface area contributed by atoms with Crippen molar-refractivity contribution in [1.29, 1.82) is 0 Å². The van der Waals surface area contributed by atoms with Crippen LogP contribution >= 0.6 is 11.6 Å². The van der Waals surface area contributed by atoms with E-state index in [2.05, 4.69) is 9.97 Å². The predicted octanol–water partition coefficient (Wildman–Crippen LogP) is 3.53. The highest BCUT2D eigenvalue weighted by molar-refractivity contribution is 6.33. The zero-order valence-electron chi connectivity index (χ0n) is 11.3. The zero-order valence-corrected chi connectivity index (χ0v) is 12.0. The molecule has 0 spiro atoms. The Bertz CT molecular complexity index is 766. The normalized spacial score (nSPS) is 16.2. The zero-order chi connectivity index (χ0) is 15.0. The van der Waals surface area contributed by atoms with E-state index in [-0.39, 0.29) is 27.6 Å². The van der Waals surface area contributed by atoms with Crippen LogP contribution in [-0.4, -0.2) is 14.9 Å². The topological polar surface area (TPSA) is 88.9 Å². The van der Waals surface area contributed by atoms with Crippen LogP contribution in [-0.2, 0) is 0 Å². The monoisotopic (exact) mass is 307 g/mol. The van der Waals surface area contributed by atoms with E-state index in [0.717, 1.165) is 25.7 Å². The second kappa shape index (κ2) is 5.44. The van der Waals surface area contributed by atoms with Crippen molar-refractivity contribution in [2.45, 2.75) is 38.0 Å². The molecule has 1 aliphatic rings. The van der Waals surface area contributed by atoms with E-state index in [0.29, 0.717) is 11.3 Å². The van der Waals surface area contributed by atoms with E-state index in [4.69, 9.17) is 11.6 Å². The highest BCUT2D eigenvalue weighted by atomic mass is 35.5. The van der Waals surface area contributed by atoms with Crippen LogP contribution in [0.15, 0.2) is 16.9 Å². The Labute approximate surface area is 125 Å². The number of H-pyrrole nitrogens is 1. The summed E-state index contributed by atoms with van der Waals surface area (Å²) in [4.78, 5) is 29.7. The third-order valence-electron chi connectivity index (χ3n) is 3.98. The van der Waals surface area contributed by atoms with Gasteiger partial charge in [-0.05, 0) is 18.9 Å². The summed E-state index contributed by atoms with van der Waals surface area (Å²) >= 11 is 5.89. The van der Waals surface area contributed by atoms with Gasteiger partial charge in [-0.1, -0.05) is 30.9 Å². The average molecular weight is 308 g/mol. The van der Waals surface area contributed by atoms with Gasteiger partial charge in [0.05, 0.1) is 15.8 Å². The van der Waals surface area contributed by atoms with Crippen LogP contribution in [0.3, 0.4) is 0 Å². The van der Waals surface area contributed by atoms with Crippen LogP contribution in [0.4, 0.5) is 5.69 Å². The molecule has 6 nitrogen and oxygen atoms in total. The molecule has 1 aromatic heterocycles. The quantitative estimate of drug-likeness (QED) is 0.679. The summed E-state index contributed by atoms with van der Waals surface area (Å²) in [5, 5.41) is 11.1. The lowest BCUT2D eigenvalue weighted by Crippen LogP contribution is -2.16. The van der Waals surface area contributed by atoms with Crippen molar-refractivity contribution in [3.05, 3.63) is 43.4 Å². The number of hydrogen-bond donors (Lipinski definition) is 1. The number of hydrogen-bond acceptors (Lipinski definition) is 4. The smallest absolute Gasteiger partial charge is 0.288 e. The Hall–Kier alpha value is -1.95. The maximum atomic E-state index is 12.2. The molecule has 0 unspecified atom stereocenters. The van der Waals surface area contributed by atoms with Gasteiger partial charge in [0.1, 0.15) is 10.8 Å². The van der Waals surface area contributed by atoms with E-state index in [1.807, 2.05) is 0 Å². The van der Waals surface area contributed by atoms with Gasteiger partial charge in [0, 0.05) is 12.0 Å². The van der Waals surface area contributed by atoms with Gasteiger partial charge in [0.2, 0.25) is 0 Å². The van der Waals surface area contributed by atoms with Crippen molar-refractivity contribution < 1.29 is 4.92 Å².